The van der Waals surface area contributed by atoms with Gasteiger partial charge in [0.25, 0.3) is 0 Å². The number of anilines is 2. The fraction of sp³-hybridized carbons (Fsp3) is 0.700. The fourth-order valence-corrected chi connectivity index (χ4v) is 4.11. The van der Waals surface area contributed by atoms with Crippen LogP contribution in [0.5, 0.6) is 0 Å². The second kappa shape index (κ2) is 6.55. The zero-order chi connectivity index (χ0) is 19.2. The highest BCUT2D eigenvalue weighted by Crippen LogP contribution is 2.50. The first-order valence-corrected chi connectivity index (χ1v) is 9.82. The molecule has 2 aliphatic heterocycles. The summed E-state index contributed by atoms with van der Waals surface area (Å²) in [5.74, 6) is 2.48. The van der Waals surface area contributed by atoms with Gasteiger partial charge in [0.1, 0.15) is 17.2 Å². The Morgan fingerprint density at radius 1 is 1.26 bits per heavy atom. The predicted octanol–water partition coefficient (Wildman–Crippen LogP) is 2.33. The SMILES string of the molecule is Cc1cc(N2CCOCC2)nc(N2CC3CC3(NC(=O)OC(C)(C)C)C2)c1. The monoisotopic (exact) mass is 374 g/mol. The highest BCUT2D eigenvalue weighted by molar-refractivity contribution is 5.70. The number of fused-ring (bicyclic) bond motifs is 1. The number of nitrogens with one attached hydrogen (secondary N) is 1. The van der Waals surface area contributed by atoms with E-state index < -0.39 is 5.60 Å². The number of nitrogens with zero attached hydrogens (tertiary/aromatic N) is 3. The Balaban J connectivity index is 1.45. The predicted molar refractivity (Wildman–Crippen MR) is 104 cm³/mol. The Morgan fingerprint density at radius 2 is 1.93 bits per heavy atom. The molecule has 2 saturated heterocycles. The number of pyridine rings is 1. The van der Waals surface area contributed by atoms with Gasteiger partial charge in [-0.1, -0.05) is 0 Å². The van der Waals surface area contributed by atoms with Crippen molar-refractivity contribution >= 4 is 17.7 Å². The van der Waals surface area contributed by atoms with Crippen LogP contribution in [0.4, 0.5) is 16.4 Å². The molecule has 0 bridgehead atoms. The van der Waals surface area contributed by atoms with Crippen LogP contribution in [0.15, 0.2) is 12.1 Å². The number of amides is 1. The van der Waals surface area contributed by atoms with Crippen molar-refractivity contribution in [2.24, 2.45) is 5.92 Å². The molecule has 4 rings (SSSR count). The van der Waals surface area contributed by atoms with Crippen molar-refractivity contribution in [2.75, 3.05) is 49.2 Å². The van der Waals surface area contributed by atoms with Crippen LogP contribution in [0, 0.1) is 12.8 Å². The van der Waals surface area contributed by atoms with E-state index in [9.17, 15) is 4.79 Å². The van der Waals surface area contributed by atoms with Gasteiger partial charge in [-0.25, -0.2) is 9.78 Å². The number of carbonyl (C=O) groups is 1. The van der Waals surface area contributed by atoms with Crippen molar-refractivity contribution in [3.63, 3.8) is 0 Å². The summed E-state index contributed by atoms with van der Waals surface area (Å²) in [6.45, 7) is 12.7. The lowest BCUT2D eigenvalue weighted by Crippen LogP contribution is -2.44. The van der Waals surface area contributed by atoms with E-state index >= 15 is 0 Å². The topological polar surface area (TPSA) is 66.9 Å². The molecule has 3 aliphatic rings. The van der Waals surface area contributed by atoms with Gasteiger partial charge in [-0.3, -0.25) is 0 Å². The number of alkyl carbamates (subject to hydrolysis) is 1. The zero-order valence-corrected chi connectivity index (χ0v) is 16.7. The minimum Gasteiger partial charge on any atom is -0.444 e. The molecule has 1 amide bonds. The van der Waals surface area contributed by atoms with E-state index in [0.29, 0.717) is 5.92 Å². The number of morpholine rings is 1. The highest BCUT2D eigenvalue weighted by Gasteiger charge is 2.61. The molecule has 3 fully saturated rings. The summed E-state index contributed by atoms with van der Waals surface area (Å²) >= 11 is 0. The van der Waals surface area contributed by atoms with Crippen molar-refractivity contribution in [1.29, 1.82) is 0 Å². The Morgan fingerprint density at radius 3 is 2.59 bits per heavy atom. The number of aromatic nitrogens is 1. The van der Waals surface area contributed by atoms with Crippen LogP contribution in [0.25, 0.3) is 0 Å². The van der Waals surface area contributed by atoms with Crippen LogP contribution in [-0.4, -0.2) is 61.6 Å². The second-order valence-electron chi connectivity index (χ2n) is 9.02. The van der Waals surface area contributed by atoms with Gasteiger partial charge in [0.15, 0.2) is 0 Å². The second-order valence-corrected chi connectivity index (χ2v) is 9.02. The third kappa shape index (κ3) is 3.98. The summed E-state index contributed by atoms with van der Waals surface area (Å²) in [6.07, 6.45) is 0.697. The molecule has 7 nitrogen and oxygen atoms in total. The van der Waals surface area contributed by atoms with Gasteiger partial charge in [0.2, 0.25) is 0 Å². The maximum Gasteiger partial charge on any atom is 0.408 e. The van der Waals surface area contributed by atoms with Crippen molar-refractivity contribution in [3.05, 3.63) is 17.7 Å². The van der Waals surface area contributed by atoms with Crippen LogP contribution in [-0.2, 0) is 9.47 Å². The lowest BCUT2D eigenvalue weighted by molar-refractivity contribution is 0.0498. The van der Waals surface area contributed by atoms with E-state index in [1.165, 1.54) is 5.56 Å². The van der Waals surface area contributed by atoms with Crippen LogP contribution >= 0.6 is 0 Å². The maximum absolute atomic E-state index is 12.2. The number of ether oxygens (including phenoxy) is 2. The Labute approximate surface area is 161 Å². The number of piperidine rings is 1. The quantitative estimate of drug-likeness (QED) is 0.876. The summed E-state index contributed by atoms with van der Waals surface area (Å²) in [5.41, 5.74) is 0.567. The summed E-state index contributed by atoms with van der Waals surface area (Å²) in [4.78, 5) is 21.7. The molecule has 2 unspecified atom stereocenters. The summed E-state index contributed by atoms with van der Waals surface area (Å²) in [7, 11) is 0. The standard InChI is InChI=1S/C20H30N4O3/c1-14-9-16(23-5-7-26-8-6-23)21-17(10-14)24-12-15-11-20(15,13-24)22-18(25)27-19(2,3)4/h9-10,15H,5-8,11-13H2,1-4H3,(H,22,25). The summed E-state index contributed by atoms with van der Waals surface area (Å²) in [6, 6.07) is 4.27. The van der Waals surface area contributed by atoms with E-state index in [1.54, 1.807) is 0 Å². The third-order valence-electron chi connectivity index (χ3n) is 5.50. The molecule has 27 heavy (non-hydrogen) atoms. The maximum atomic E-state index is 12.2. The number of aryl methyl sites for hydroxylation is 1. The molecular formula is C20H30N4O3. The molecule has 0 aromatic carbocycles. The number of carbonyl (C=O) groups excluding carboxylic acids is 1. The van der Waals surface area contributed by atoms with E-state index in [1.807, 2.05) is 20.8 Å². The van der Waals surface area contributed by atoms with Gasteiger partial charge < -0.3 is 24.6 Å². The van der Waals surface area contributed by atoms with Crippen LogP contribution in [0.1, 0.15) is 32.8 Å². The Kier molecular flexibility index (Phi) is 4.45. The van der Waals surface area contributed by atoms with E-state index in [0.717, 1.165) is 57.4 Å². The first-order chi connectivity index (χ1) is 12.7. The van der Waals surface area contributed by atoms with Gasteiger partial charge in [-0.15, -0.1) is 0 Å². The van der Waals surface area contributed by atoms with Crippen LogP contribution in [0.3, 0.4) is 0 Å². The van der Waals surface area contributed by atoms with E-state index in [4.69, 9.17) is 14.5 Å². The molecule has 2 atom stereocenters. The van der Waals surface area contributed by atoms with Gasteiger partial charge >= 0.3 is 6.09 Å². The molecule has 1 saturated carbocycles. The Hall–Kier alpha value is -2.02. The van der Waals surface area contributed by atoms with Crippen LogP contribution < -0.4 is 15.1 Å². The minimum atomic E-state index is -0.478. The fourth-order valence-electron chi connectivity index (χ4n) is 4.11. The summed E-state index contributed by atoms with van der Waals surface area (Å²) < 4.78 is 10.9. The molecule has 1 N–H and O–H groups in total. The van der Waals surface area contributed by atoms with Crippen molar-refractivity contribution < 1.29 is 14.3 Å². The van der Waals surface area contributed by atoms with Crippen molar-refractivity contribution in [3.8, 4) is 0 Å². The minimum absolute atomic E-state index is 0.160. The summed E-state index contributed by atoms with van der Waals surface area (Å²) in [5, 5.41) is 3.12. The lowest BCUT2D eigenvalue weighted by Gasteiger charge is -2.30. The molecule has 1 aliphatic carbocycles. The van der Waals surface area contributed by atoms with Gasteiger partial charge in [-0.2, -0.15) is 0 Å². The molecule has 148 valence electrons. The number of hydrogen-bond donors (Lipinski definition) is 1. The molecule has 1 aromatic heterocycles. The zero-order valence-electron chi connectivity index (χ0n) is 16.7. The highest BCUT2D eigenvalue weighted by atomic mass is 16.6. The van der Waals surface area contributed by atoms with Gasteiger partial charge in [-0.05, 0) is 51.8 Å². The molecule has 1 aromatic rings. The first-order valence-electron chi connectivity index (χ1n) is 9.82. The molecular weight excluding hydrogens is 344 g/mol. The molecule has 0 radical (unpaired) electrons. The van der Waals surface area contributed by atoms with Gasteiger partial charge in [0.05, 0.1) is 18.8 Å². The number of rotatable bonds is 3. The van der Waals surface area contributed by atoms with Crippen molar-refractivity contribution in [1.82, 2.24) is 10.3 Å². The van der Waals surface area contributed by atoms with Crippen molar-refractivity contribution in [2.45, 2.75) is 45.3 Å². The first kappa shape index (κ1) is 18.3. The van der Waals surface area contributed by atoms with E-state index in [2.05, 4.69) is 34.2 Å². The van der Waals surface area contributed by atoms with Gasteiger partial charge in [0, 0.05) is 32.1 Å². The van der Waals surface area contributed by atoms with Crippen LogP contribution in [0.2, 0.25) is 0 Å². The lowest BCUT2D eigenvalue weighted by atomic mass is 10.2. The largest absolute Gasteiger partial charge is 0.444 e. The molecule has 7 heteroatoms. The normalized spacial score (nSPS) is 27.3. The smallest absolute Gasteiger partial charge is 0.408 e. The Bertz CT molecular complexity index is 726. The molecule has 3 heterocycles. The average Bonchev–Trinajstić information content (AvgIpc) is 3.12. The number of hydrogen-bond acceptors (Lipinski definition) is 6. The third-order valence-corrected chi connectivity index (χ3v) is 5.50. The van der Waals surface area contributed by atoms with E-state index in [-0.39, 0.29) is 11.6 Å². The average molecular weight is 374 g/mol. The molecule has 0 spiro atoms.